The summed E-state index contributed by atoms with van der Waals surface area (Å²) < 4.78 is 0. The van der Waals surface area contributed by atoms with E-state index in [1.54, 1.807) is 24.3 Å². The van der Waals surface area contributed by atoms with E-state index in [1.807, 2.05) is 6.07 Å². The molecule has 2 aromatic carbocycles. The molecule has 0 radical (unpaired) electrons. The van der Waals surface area contributed by atoms with Gasteiger partial charge in [-0.2, -0.15) is 5.10 Å². The molecular formula is C16H10Cl4N4OS. The molecule has 0 aliphatic heterocycles. The minimum Gasteiger partial charge on any atom is -0.375 e. The lowest BCUT2D eigenvalue weighted by molar-refractivity contribution is -0.114. The van der Waals surface area contributed by atoms with Crippen LogP contribution in [0.4, 0.5) is 5.69 Å². The van der Waals surface area contributed by atoms with Crippen molar-refractivity contribution in [1.82, 2.24) is 5.43 Å². The first-order valence-corrected chi connectivity index (χ1v) is 9.18. The second-order valence-electron chi connectivity index (χ2n) is 5.29. The number of hydrogen-bond acceptors (Lipinski definition) is 3. The van der Waals surface area contributed by atoms with Crippen LogP contribution in [0.25, 0.3) is 11.1 Å². The van der Waals surface area contributed by atoms with Gasteiger partial charge in [0.15, 0.2) is 9.95 Å². The van der Waals surface area contributed by atoms with Crippen molar-refractivity contribution in [3.05, 3.63) is 51.5 Å². The van der Waals surface area contributed by atoms with Crippen molar-refractivity contribution >= 4 is 81.0 Å². The topological polar surface area (TPSA) is 79.5 Å². The Hall–Kier alpha value is -1.57. The fraction of sp³-hybridized carbons (Fsp3) is 0.0625. The number of rotatable bonds is 3. The van der Waals surface area contributed by atoms with Gasteiger partial charge in [-0.1, -0.05) is 52.5 Å². The summed E-state index contributed by atoms with van der Waals surface area (Å²) in [7, 11) is 0. The van der Waals surface area contributed by atoms with Gasteiger partial charge in [0.05, 0.1) is 11.4 Å². The van der Waals surface area contributed by atoms with Crippen LogP contribution in [0.1, 0.15) is 11.1 Å². The second-order valence-corrected chi connectivity index (χ2v) is 7.70. The molecule has 0 bridgehead atoms. The molecule has 0 saturated carbocycles. The third-order valence-corrected chi connectivity index (χ3v) is 4.54. The van der Waals surface area contributed by atoms with Crippen molar-refractivity contribution in [2.75, 3.05) is 5.32 Å². The Kier molecular flexibility index (Phi) is 5.60. The minimum absolute atomic E-state index is 0.0113. The Bertz CT molecular complexity index is 962. The maximum Gasteiger partial charge on any atom is 0.257 e. The quantitative estimate of drug-likeness (QED) is 0.317. The summed E-state index contributed by atoms with van der Waals surface area (Å²) in [6.07, 6.45) is 0. The van der Waals surface area contributed by atoms with Crippen molar-refractivity contribution in [2.45, 2.75) is 4.84 Å². The number of anilines is 1. The maximum atomic E-state index is 12.0. The van der Waals surface area contributed by atoms with Gasteiger partial charge in [-0.15, -0.1) is 0 Å². The monoisotopic (exact) mass is 446 g/mol. The van der Waals surface area contributed by atoms with Crippen molar-refractivity contribution in [1.29, 1.82) is 0 Å². The van der Waals surface area contributed by atoms with E-state index in [-0.39, 0.29) is 5.11 Å². The maximum absolute atomic E-state index is 12.0. The molecule has 134 valence electrons. The number of amides is 1. The van der Waals surface area contributed by atoms with Crippen LogP contribution in [-0.2, 0) is 4.79 Å². The molecule has 1 aliphatic carbocycles. The van der Waals surface area contributed by atoms with Gasteiger partial charge in [0, 0.05) is 26.7 Å². The number of nitrogens with zero attached hydrogens (tertiary/aromatic N) is 1. The number of hydrogen-bond donors (Lipinski definition) is 3. The summed E-state index contributed by atoms with van der Waals surface area (Å²) in [6.45, 7) is 0. The first-order valence-electron chi connectivity index (χ1n) is 7.14. The van der Waals surface area contributed by atoms with Crippen molar-refractivity contribution in [2.24, 2.45) is 10.8 Å². The highest BCUT2D eigenvalue weighted by molar-refractivity contribution is 7.80. The lowest BCUT2D eigenvalue weighted by Crippen LogP contribution is -2.25. The van der Waals surface area contributed by atoms with E-state index < -0.39 is 10.7 Å². The van der Waals surface area contributed by atoms with Gasteiger partial charge in [0.1, 0.15) is 0 Å². The highest BCUT2D eigenvalue weighted by atomic mass is 35.5. The summed E-state index contributed by atoms with van der Waals surface area (Å²) in [4.78, 5) is 10.7. The molecule has 1 aliphatic rings. The van der Waals surface area contributed by atoms with Crippen LogP contribution in [0, 0.1) is 0 Å². The van der Waals surface area contributed by atoms with E-state index >= 15 is 0 Å². The molecule has 5 nitrogen and oxygen atoms in total. The zero-order valence-electron chi connectivity index (χ0n) is 12.8. The van der Waals surface area contributed by atoms with Crippen molar-refractivity contribution < 1.29 is 4.79 Å². The fourth-order valence-electron chi connectivity index (χ4n) is 2.68. The first kappa shape index (κ1) is 19.2. The standard InChI is InChI=1S/C16H10Cl4N4OS/c17-6-1-2-8-9(3-6)13(23-24-16(21)26)10-4-7(18)5-11(12(8)10)22-15(25)14(19)20/h1-5,14H,(H,22,25)(H3,21,24,26)/b23-13+. The average Bonchev–Trinajstić information content (AvgIpc) is 2.85. The molecule has 1 amide bonds. The molecule has 0 unspecified atom stereocenters. The van der Waals surface area contributed by atoms with E-state index in [0.717, 1.165) is 11.1 Å². The molecule has 0 heterocycles. The van der Waals surface area contributed by atoms with Crippen LogP contribution in [0.3, 0.4) is 0 Å². The second kappa shape index (κ2) is 7.58. The number of nitrogens with two attached hydrogens (primary N) is 1. The van der Waals surface area contributed by atoms with Crippen LogP contribution < -0.4 is 16.5 Å². The Morgan fingerprint density at radius 1 is 1.08 bits per heavy atom. The zero-order valence-corrected chi connectivity index (χ0v) is 16.7. The predicted molar refractivity (Wildman–Crippen MR) is 112 cm³/mol. The predicted octanol–water partition coefficient (Wildman–Crippen LogP) is 4.30. The number of carbonyl (C=O) groups is 1. The van der Waals surface area contributed by atoms with Gasteiger partial charge < -0.3 is 11.1 Å². The third kappa shape index (κ3) is 3.75. The third-order valence-electron chi connectivity index (χ3n) is 3.60. The number of fused-ring (bicyclic) bond motifs is 3. The number of benzene rings is 2. The lowest BCUT2D eigenvalue weighted by atomic mass is 10.0. The number of hydrazone groups is 1. The first-order chi connectivity index (χ1) is 12.3. The van der Waals surface area contributed by atoms with Gasteiger partial charge >= 0.3 is 0 Å². The lowest BCUT2D eigenvalue weighted by Gasteiger charge is -2.12. The largest absolute Gasteiger partial charge is 0.375 e. The zero-order chi connectivity index (χ0) is 19.0. The molecule has 0 fully saturated rings. The smallest absolute Gasteiger partial charge is 0.257 e. The number of alkyl halides is 2. The van der Waals surface area contributed by atoms with Crippen molar-refractivity contribution in [3.63, 3.8) is 0 Å². The van der Waals surface area contributed by atoms with Gasteiger partial charge in [-0.05, 0) is 42.0 Å². The number of nitrogens with one attached hydrogen (secondary N) is 2. The molecule has 26 heavy (non-hydrogen) atoms. The summed E-state index contributed by atoms with van der Waals surface area (Å²) in [5, 5.41) is 7.87. The van der Waals surface area contributed by atoms with Crippen LogP contribution in [-0.4, -0.2) is 21.6 Å². The Morgan fingerprint density at radius 2 is 1.77 bits per heavy atom. The molecule has 4 N–H and O–H groups in total. The Morgan fingerprint density at radius 3 is 2.42 bits per heavy atom. The summed E-state index contributed by atoms with van der Waals surface area (Å²) in [6, 6.07) is 8.64. The van der Waals surface area contributed by atoms with Gasteiger partial charge in [0.2, 0.25) is 0 Å². The Labute approximate surface area is 174 Å². The number of carbonyl (C=O) groups excluding carboxylic acids is 1. The number of halogens is 4. The van der Waals surface area contributed by atoms with Crippen LogP contribution >= 0.6 is 58.6 Å². The highest BCUT2D eigenvalue weighted by Crippen LogP contribution is 2.44. The summed E-state index contributed by atoms with van der Waals surface area (Å²) in [5.74, 6) is -0.569. The molecule has 2 aromatic rings. The van der Waals surface area contributed by atoms with Gasteiger partial charge in [-0.25, -0.2) is 0 Å². The Balaban J connectivity index is 2.23. The average molecular weight is 448 g/mol. The molecular weight excluding hydrogens is 438 g/mol. The van der Waals surface area contributed by atoms with Crippen LogP contribution in [0.5, 0.6) is 0 Å². The van der Waals surface area contributed by atoms with Crippen LogP contribution in [0.2, 0.25) is 10.0 Å². The molecule has 0 aromatic heterocycles. The minimum atomic E-state index is -1.22. The summed E-state index contributed by atoms with van der Waals surface area (Å²) >= 11 is 28.5. The molecule has 0 spiro atoms. The van der Waals surface area contributed by atoms with E-state index in [0.29, 0.717) is 32.6 Å². The van der Waals surface area contributed by atoms with Crippen LogP contribution in [0.15, 0.2) is 35.4 Å². The fourth-order valence-corrected chi connectivity index (χ4v) is 3.22. The van der Waals surface area contributed by atoms with E-state index in [4.69, 9.17) is 64.4 Å². The molecule has 0 atom stereocenters. The molecule has 3 rings (SSSR count). The highest BCUT2D eigenvalue weighted by Gasteiger charge is 2.29. The number of thiocarbonyl (C=S) groups is 1. The molecule has 0 saturated heterocycles. The van der Waals surface area contributed by atoms with E-state index in [1.165, 1.54) is 0 Å². The van der Waals surface area contributed by atoms with E-state index in [2.05, 4.69) is 15.8 Å². The van der Waals surface area contributed by atoms with E-state index in [9.17, 15) is 4.79 Å². The molecule has 10 heteroatoms. The summed E-state index contributed by atoms with van der Waals surface area (Å²) in [5.41, 5.74) is 12.0. The van der Waals surface area contributed by atoms with Gasteiger partial charge in [-0.3, -0.25) is 10.2 Å². The van der Waals surface area contributed by atoms with Crippen molar-refractivity contribution in [3.8, 4) is 11.1 Å². The SMILES string of the molecule is NC(=S)N/N=C1\c2cc(Cl)ccc2-c2c(NC(=O)C(Cl)Cl)cc(Cl)cc21. The normalized spacial score (nSPS) is 13.5. The van der Waals surface area contributed by atoms with Gasteiger partial charge in [0.25, 0.3) is 5.91 Å².